The summed E-state index contributed by atoms with van der Waals surface area (Å²) in [7, 11) is 0. The maximum atomic E-state index is 13.1. The number of anilines is 1. The van der Waals surface area contributed by atoms with Crippen molar-refractivity contribution < 1.29 is 14.3 Å². The average molecular weight is 443 g/mol. The van der Waals surface area contributed by atoms with Gasteiger partial charge in [-0.15, -0.1) is 0 Å². The molecule has 33 heavy (non-hydrogen) atoms. The van der Waals surface area contributed by atoms with Crippen molar-refractivity contribution in [1.29, 1.82) is 0 Å². The van der Waals surface area contributed by atoms with Gasteiger partial charge in [-0.25, -0.2) is 9.67 Å². The van der Waals surface area contributed by atoms with Crippen LogP contribution < -0.4 is 20.3 Å². The van der Waals surface area contributed by atoms with Crippen LogP contribution in [-0.4, -0.2) is 32.0 Å². The second kappa shape index (κ2) is 8.27. The quantitative estimate of drug-likeness (QED) is 0.509. The monoisotopic (exact) mass is 443 g/mol. The molecule has 0 aliphatic carbocycles. The summed E-state index contributed by atoms with van der Waals surface area (Å²) >= 11 is 0. The maximum Gasteiger partial charge on any atom is 0.256 e. The molecular formula is C24H21N5O4. The minimum Gasteiger partial charge on any atom is -0.454 e. The lowest BCUT2D eigenvalue weighted by molar-refractivity contribution is -0.116. The van der Waals surface area contributed by atoms with Crippen molar-refractivity contribution in [3.05, 3.63) is 82.4 Å². The number of nitrogens with one attached hydrogen (secondary N) is 1. The molecule has 0 bridgehead atoms. The van der Waals surface area contributed by atoms with Crippen LogP contribution in [0.25, 0.3) is 17.2 Å². The highest BCUT2D eigenvalue weighted by atomic mass is 16.7. The first-order valence-electron chi connectivity index (χ1n) is 10.4. The van der Waals surface area contributed by atoms with Crippen LogP contribution in [0, 0.1) is 13.8 Å². The van der Waals surface area contributed by atoms with E-state index in [0.29, 0.717) is 22.9 Å². The highest BCUT2D eigenvalue weighted by Crippen LogP contribution is 2.34. The summed E-state index contributed by atoms with van der Waals surface area (Å²) in [5.74, 6) is 1.07. The molecule has 0 saturated heterocycles. The Hall–Kier alpha value is -4.40. The van der Waals surface area contributed by atoms with Crippen molar-refractivity contribution in [2.75, 3.05) is 12.1 Å². The zero-order valence-corrected chi connectivity index (χ0v) is 18.1. The average Bonchev–Trinajstić information content (AvgIpc) is 3.40. The van der Waals surface area contributed by atoms with Gasteiger partial charge in [0.2, 0.25) is 18.6 Å². The van der Waals surface area contributed by atoms with Gasteiger partial charge in [-0.3, -0.25) is 14.2 Å². The van der Waals surface area contributed by atoms with Crippen LogP contribution in [0.15, 0.2) is 65.5 Å². The van der Waals surface area contributed by atoms with E-state index in [1.807, 2.05) is 50.2 Å². The number of amides is 1. The Labute approximate surface area is 189 Å². The third-order valence-electron chi connectivity index (χ3n) is 5.21. The molecule has 0 fully saturated rings. The summed E-state index contributed by atoms with van der Waals surface area (Å²) in [5, 5.41) is 7.28. The van der Waals surface area contributed by atoms with E-state index < -0.39 is 0 Å². The predicted octanol–water partition coefficient (Wildman–Crippen LogP) is 3.08. The van der Waals surface area contributed by atoms with Crippen molar-refractivity contribution in [3.63, 3.8) is 0 Å². The molecule has 4 aromatic rings. The van der Waals surface area contributed by atoms with E-state index in [2.05, 4.69) is 10.4 Å². The second-order valence-corrected chi connectivity index (χ2v) is 7.69. The first kappa shape index (κ1) is 20.5. The highest BCUT2D eigenvalue weighted by Gasteiger charge is 2.18. The van der Waals surface area contributed by atoms with E-state index in [1.54, 1.807) is 22.9 Å². The minimum atomic E-state index is -0.381. The van der Waals surface area contributed by atoms with E-state index >= 15 is 0 Å². The summed E-state index contributed by atoms with van der Waals surface area (Å²) in [6, 6.07) is 17.8. The molecular weight excluding hydrogens is 422 g/mol. The van der Waals surface area contributed by atoms with Gasteiger partial charge in [0.05, 0.1) is 11.4 Å². The summed E-state index contributed by atoms with van der Waals surface area (Å²) in [6.07, 6.45) is 0. The number of nitrogens with zero attached hydrogens (tertiary/aromatic N) is 4. The summed E-state index contributed by atoms with van der Waals surface area (Å²) < 4.78 is 13.5. The van der Waals surface area contributed by atoms with Crippen molar-refractivity contribution in [1.82, 2.24) is 19.3 Å². The van der Waals surface area contributed by atoms with Gasteiger partial charge >= 0.3 is 0 Å². The molecule has 0 saturated carbocycles. The molecule has 1 aliphatic heterocycles. The van der Waals surface area contributed by atoms with Crippen LogP contribution in [-0.2, 0) is 11.3 Å². The number of aromatic nitrogens is 4. The summed E-state index contributed by atoms with van der Waals surface area (Å²) in [6.45, 7) is 3.65. The van der Waals surface area contributed by atoms with Crippen molar-refractivity contribution in [2.45, 2.75) is 20.4 Å². The van der Waals surface area contributed by atoms with Gasteiger partial charge in [0.15, 0.2) is 11.5 Å². The third kappa shape index (κ3) is 4.08. The van der Waals surface area contributed by atoms with E-state index in [9.17, 15) is 9.59 Å². The van der Waals surface area contributed by atoms with Crippen LogP contribution in [0.3, 0.4) is 0 Å². The Morgan fingerprint density at radius 1 is 1.03 bits per heavy atom. The number of fused-ring (bicyclic) bond motifs is 1. The Balaban J connectivity index is 1.51. The first-order chi connectivity index (χ1) is 16.0. The Morgan fingerprint density at radius 3 is 2.58 bits per heavy atom. The van der Waals surface area contributed by atoms with E-state index in [1.165, 1.54) is 10.6 Å². The van der Waals surface area contributed by atoms with Crippen molar-refractivity contribution in [3.8, 4) is 28.7 Å². The molecule has 9 heteroatoms. The molecule has 1 amide bonds. The van der Waals surface area contributed by atoms with Gasteiger partial charge < -0.3 is 14.8 Å². The highest BCUT2D eigenvalue weighted by molar-refractivity contribution is 5.91. The molecule has 0 unspecified atom stereocenters. The summed E-state index contributed by atoms with van der Waals surface area (Å²) in [5.41, 5.74) is 3.08. The van der Waals surface area contributed by atoms with Crippen molar-refractivity contribution in [2.24, 2.45) is 0 Å². The molecule has 3 heterocycles. The molecule has 166 valence electrons. The lowest BCUT2D eigenvalue weighted by atomic mass is 10.1. The number of carbonyl (C=O) groups excluding carboxylic acids is 1. The van der Waals surface area contributed by atoms with Crippen LogP contribution in [0.5, 0.6) is 11.5 Å². The van der Waals surface area contributed by atoms with Gasteiger partial charge in [-0.2, -0.15) is 5.10 Å². The lowest BCUT2D eigenvalue weighted by Crippen LogP contribution is -2.31. The fourth-order valence-electron chi connectivity index (χ4n) is 3.71. The number of aryl methyl sites for hydroxylation is 2. The van der Waals surface area contributed by atoms with Crippen LogP contribution >= 0.6 is 0 Å². The first-order valence-corrected chi connectivity index (χ1v) is 10.4. The number of benzene rings is 2. The van der Waals surface area contributed by atoms with E-state index in [-0.39, 0.29) is 30.8 Å². The van der Waals surface area contributed by atoms with Crippen LogP contribution in [0.2, 0.25) is 0 Å². The molecule has 1 aliphatic rings. The summed E-state index contributed by atoms with van der Waals surface area (Å²) in [4.78, 5) is 30.7. The number of rotatable bonds is 5. The van der Waals surface area contributed by atoms with E-state index in [0.717, 1.165) is 17.0 Å². The minimum absolute atomic E-state index is 0.146. The normalized spacial score (nSPS) is 12.1. The van der Waals surface area contributed by atoms with Gasteiger partial charge in [-0.1, -0.05) is 30.3 Å². The fourth-order valence-corrected chi connectivity index (χ4v) is 3.71. The van der Waals surface area contributed by atoms with Gasteiger partial charge in [0, 0.05) is 29.1 Å². The Kier molecular flexibility index (Phi) is 5.14. The zero-order valence-electron chi connectivity index (χ0n) is 18.1. The van der Waals surface area contributed by atoms with Crippen LogP contribution in [0.1, 0.15) is 11.4 Å². The molecule has 2 aromatic heterocycles. The SMILES string of the molecule is Cc1cc(C)n(-c2nc(-c3ccccc3)cc(=O)n2CC(=O)Nc2ccc3c(c2)OCO3)n1. The topological polar surface area (TPSA) is 100 Å². The number of carbonyl (C=O) groups is 1. The van der Waals surface area contributed by atoms with Gasteiger partial charge in [0.25, 0.3) is 5.56 Å². The van der Waals surface area contributed by atoms with Crippen LogP contribution in [0.4, 0.5) is 5.69 Å². The Bertz CT molecular complexity index is 1410. The molecule has 2 aromatic carbocycles. The molecule has 0 radical (unpaired) electrons. The maximum absolute atomic E-state index is 13.1. The molecule has 5 rings (SSSR count). The fraction of sp³-hybridized carbons (Fsp3) is 0.167. The van der Waals surface area contributed by atoms with E-state index in [4.69, 9.17) is 14.5 Å². The van der Waals surface area contributed by atoms with Crippen molar-refractivity contribution >= 4 is 11.6 Å². The zero-order chi connectivity index (χ0) is 22.9. The Morgan fingerprint density at radius 2 is 1.82 bits per heavy atom. The van der Waals surface area contributed by atoms with Gasteiger partial charge in [-0.05, 0) is 32.0 Å². The number of ether oxygens (including phenoxy) is 2. The molecule has 9 nitrogen and oxygen atoms in total. The molecule has 1 N–H and O–H groups in total. The predicted molar refractivity (Wildman–Crippen MR) is 122 cm³/mol. The smallest absolute Gasteiger partial charge is 0.256 e. The van der Waals surface area contributed by atoms with Gasteiger partial charge in [0.1, 0.15) is 6.54 Å². The lowest BCUT2D eigenvalue weighted by Gasteiger charge is -2.15. The second-order valence-electron chi connectivity index (χ2n) is 7.69. The molecule has 0 spiro atoms. The standard InChI is InChI=1S/C24H21N5O4/c1-15-10-16(2)29(27-15)24-26-19(17-6-4-3-5-7-17)12-23(31)28(24)13-22(30)25-18-8-9-20-21(11-18)33-14-32-20/h3-12H,13-14H2,1-2H3,(H,25,30). The number of hydrogen-bond donors (Lipinski definition) is 1. The number of hydrogen-bond acceptors (Lipinski definition) is 6. The largest absolute Gasteiger partial charge is 0.454 e. The molecule has 0 atom stereocenters. The third-order valence-corrected chi connectivity index (χ3v) is 5.21.